The normalized spacial score (nSPS) is 10.1. The minimum absolute atomic E-state index is 0.121. The number of hydrogen-bond donors (Lipinski definition) is 2. The van der Waals surface area contributed by atoms with Crippen molar-refractivity contribution in [3.63, 3.8) is 0 Å². The van der Waals surface area contributed by atoms with Crippen LogP contribution in [0.5, 0.6) is 5.75 Å². The van der Waals surface area contributed by atoms with Gasteiger partial charge in [-0.15, -0.1) is 0 Å². The zero-order valence-corrected chi connectivity index (χ0v) is 10.5. The zero-order valence-electron chi connectivity index (χ0n) is 9.02. The summed E-state index contributed by atoms with van der Waals surface area (Å²) in [6.07, 6.45) is 2.61. The van der Waals surface area contributed by atoms with Crippen LogP contribution in [0.25, 0.3) is 0 Å². The molecule has 1 aromatic carbocycles. The summed E-state index contributed by atoms with van der Waals surface area (Å²) in [5.74, 6) is -0.667. The number of aromatic nitrogens is 1. The van der Waals surface area contributed by atoms with E-state index in [1.807, 2.05) is 0 Å². The lowest BCUT2D eigenvalue weighted by molar-refractivity contribution is 0.102. The van der Waals surface area contributed by atoms with Crippen molar-refractivity contribution in [3.05, 3.63) is 52.3 Å². The van der Waals surface area contributed by atoms with Gasteiger partial charge in [-0.2, -0.15) is 0 Å². The van der Waals surface area contributed by atoms with E-state index in [1.54, 1.807) is 12.1 Å². The van der Waals surface area contributed by atoms with Crippen LogP contribution < -0.4 is 5.32 Å². The van der Waals surface area contributed by atoms with Crippen molar-refractivity contribution in [2.75, 3.05) is 5.32 Å². The van der Waals surface area contributed by atoms with Crippen molar-refractivity contribution in [1.29, 1.82) is 0 Å². The molecule has 0 aliphatic carbocycles. The van der Waals surface area contributed by atoms with Gasteiger partial charge in [0, 0.05) is 11.2 Å². The molecule has 1 aromatic heterocycles. The van der Waals surface area contributed by atoms with E-state index >= 15 is 0 Å². The molecule has 18 heavy (non-hydrogen) atoms. The quantitative estimate of drug-likeness (QED) is 0.888. The molecule has 0 unspecified atom stereocenters. The largest absolute Gasteiger partial charge is 0.505 e. The summed E-state index contributed by atoms with van der Waals surface area (Å²) in [4.78, 5) is 15.6. The molecule has 0 aliphatic rings. The van der Waals surface area contributed by atoms with E-state index in [0.29, 0.717) is 15.7 Å². The van der Waals surface area contributed by atoms with Crippen LogP contribution in [0.15, 0.2) is 36.7 Å². The summed E-state index contributed by atoms with van der Waals surface area (Å²) >= 11 is 11.7. The average Bonchev–Trinajstić information content (AvgIpc) is 2.33. The maximum absolute atomic E-state index is 11.9. The van der Waals surface area contributed by atoms with Gasteiger partial charge in [-0.05, 0) is 24.3 Å². The molecule has 0 radical (unpaired) electrons. The van der Waals surface area contributed by atoms with Crippen LogP contribution in [0.1, 0.15) is 10.4 Å². The Bertz CT molecular complexity index is 602. The minimum atomic E-state index is -0.473. The predicted octanol–water partition coefficient (Wildman–Crippen LogP) is 3.35. The molecule has 92 valence electrons. The summed E-state index contributed by atoms with van der Waals surface area (Å²) in [6.45, 7) is 0. The van der Waals surface area contributed by atoms with Crippen LogP contribution in [0, 0.1) is 0 Å². The Morgan fingerprint density at radius 2 is 2.06 bits per heavy atom. The van der Waals surface area contributed by atoms with E-state index in [0.717, 1.165) is 0 Å². The van der Waals surface area contributed by atoms with E-state index in [2.05, 4.69) is 10.3 Å². The monoisotopic (exact) mass is 282 g/mol. The molecule has 0 atom stereocenters. The standard InChI is InChI=1S/C12H8Cl2N2O2/c13-7-1-2-10(9(14)5-7)16-12(18)8-3-4-15-6-11(8)17/h1-6,17H,(H,16,18). The fraction of sp³-hybridized carbons (Fsp3) is 0. The van der Waals surface area contributed by atoms with E-state index in [1.165, 1.54) is 24.5 Å². The number of aromatic hydroxyl groups is 1. The first-order valence-corrected chi connectivity index (χ1v) is 5.73. The number of carbonyl (C=O) groups is 1. The molecular weight excluding hydrogens is 275 g/mol. The summed E-state index contributed by atoms with van der Waals surface area (Å²) in [6, 6.07) is 6.12. The Morgan fingerprint density at radius 1 is 1.28 bits per heavy atom. The van der Waals surface area contributed by atoms with Crippen LogP contribution in [0.4, 0.5) is 5.69 Å². The zero-order chi connectivity index (χ0) is 13.1. The summed E-state index contributed by atoms with van der Waals surface area (Å²) < 4.78 is 0. The molecule has 1 amide bonds. The number of amides is 1. The molecule has 2 rings (SSSR count). The number of hydrogen-bond acceptors (Lipinski definition) is 3. The number of benzene rings is 1. The Hall–Kier alpha value is -1.78. The molecule has 0 aliphatic heterocycles. The van der Waals surface area contributed by atoms with Crippen LogP contribution in [0.3, 0.4) is 0 Å². The van der Waals surface area contributed by atoms with Gasteiger partial charge in [0.1, 0.15) is 5.75 Å². The molecule has 0 bridgehead atoms. The van der Waals surface area contributed by atoms with Crippen molar-refractivity contribution in [2.45, 2.75) is 0 Å². The van der Waals surface area contributed by atoms with Gasteiger partial charge in [-0.1, -0.05) is 23.2 Å². The van der Waals surface area contributed by atoms with Crippen molar-refractivity contribution in [2.24, 2.45) is 0 Å². The first-order chi connectivity index (χ1) is 8.58. The molecule has 0 spiro atoms. The predicted molar refractivity (Wildman–Crippen MR) is 70.3 cm³/mol. The van der Waals surface area contributed by atoms with Gasteiger partial charge in [0.05, 0.1) is 22.5 Å². The number of halogens is 2. The van der Waals surface area contributed by atoms with Gasteiger partial charge < -0.3 is 10.4 Å². The van der Waals surface area contributed by atoms with E-state index in [9.17, 15) is 9.90 Å². The Morgan fingerprint density at radius 3 is 2.72 bits per heavy atom. The molecule has 0 saturated heterocycles. The molecule has 0 saturated carbocycles. The van der Waals surface area contributed by atoms with Crippen LogP contribution in [0.2, 0.25) is 10.0 Å². The lowest BCUT2D eigenvalue weighted by atomic mass is 10.2. The van der Waals surface area contributed by atoms with Gasteiger partial charge in [0.15, 0.2) is 0 Å². The lowest BCUT2D eigenvalue weighted by Gasteiger charge is -2.08. The number of rotatable bonds is 2. The maximum Gasteiger partial charge on any atom is 0.259 e. The van der Waals surface area contributed by atoms with Gasteiger partial charge in [-0.3, -0.25) is 9.78 Å². The summed E-state index contributed by atoms with van der Waals surface area (Å²) in [5.41, 5.74) is 0.540. The van der Waals surface area contributed by atoms with Crippen LogP contribution in [-0.2, 0) is 0 Å². The third-order valence-electron chi connectivity index (χ3n) is 2.22. The first kappa shape index (κ1) is 12.7. The Balaban J connectivity index is 2.24. The van der Waals surface area contributed by atoms with Gasteiger partial charge >= 0.3 is 0 Å². The highest BCUT2D eigenvalue weighted by atomic mass is 35.5. The second-order valence-electron chi connectivity index (χ2n) is 3.47. The third kappa shape index (κ3) is 2.72. The second-order valence-corrected chi connectivity index (χ2v) is 4.31. The number of pyridine rings is 1. The Kier molecular flexibility index (Phi) is 3.69. The molecule has 2 aromatic rings. The average molecular weight is 283 g/mol. The fourth-order valence-corrected chi connectivity index (χ4v) is 1.81. The highest BCUT2D eigenvalue weighted by molar-refractivity contribution is 6.36. The number of nitrogens with one attached hydrogen (secondary N) is 1. The molecule has 1 heterocycles. The SMILES string of the molecule is O=C(Nc1ccc(Cl)cc1Cl)c1ccncc1O. The highest BCUT2D eigenvalue weighted by Gasteiger charge is 2.12. The first-order valence-electron chi connectivity index (χ1n) is 4.97. The third-order valence-corrected chi connectivity index (χ3v) is 2.77. The van der Waals surface area contributed by atoms with Crippen LogP contribution in [-0.4, -0.2) is 16.0 Å². The molecule has 2 N–H and O–H groups in total. The topological polar surface area (TPSA) is 62.2 Å². The van der Waals surface area contributed by atoms with Crippen molar-refractivity contribution in [1.82, 2.24) is 4.98 Å². The van der Waals surface area contributed by atoms with Gasteiger partial charge in [0.2, 0.25) is 0 Å². The molecule has 0 fully saturated rings. The fourth-order valence-electron chi connectivity index (χ4n) is 1.36. The second kappa shape index (κ2) is 5.25. The van der Waals surface area contributed by atoms with Crippen molar-refractivity contribution in [3.8, 4) is 5.75 Å². The van der Waals surface area contributed by atoms with Crippen molar-refractivity contribution >= 4 is 34.8 Å². The smallest absolute Gasteiger partial charge is 0.259 e. The number of nitrogens with zero attached hydrogens (tertiary/aromatic N) is 1. The molecule has 4 nitrogen and oxygen atoms in total. The lowest BCUT2D eigenvalue weighted by Crippen LogP contribution is -2.12. The maximum atomic E-state index is 11.9. The van der Waals surface area contributed by atoms with Gasteiger partial charge in [-0.25, -0.2) is 0 Å². The van der Waals surface area contributed by atoms with E-state index in [-0.39, 0.29) is 11.3 Å². The van der Waals surface area contributed by atoms with E-state index in [4.69, 9.17) is 23.2 Å². The van der Waals surface area contributed by atoms with E-state index < -0.39 is 5.91 Å². The highest BCUT2D eigenvalue weighted by Crippen LogP contribution is 2.26. The minimum Gasteiger partial charge on any atom is -0.505 e. The van der Waals surface area contributed by atoms with Crippen LogP contribution >= 0.6 is 23.2 Å². The Labute approximate surface area is 113 Å². The van der Waals surface area contributed by atoms with Gasteiger partial charge in [0.25, 0.3) is 5.91 Å². The summed E-state index contributed by atoms with van der Waals surface area (Å²) in [5, 5.41) is 12.9. The molecule has 6 heteroatoms. The summed E-state index contributed by atoms with van der Waals surface area (Å²) in [7, 11) is 0. The number of carbonyl (C=O) groups excluding carboxylic acids is 1. The number of anilines is 1. The van der Waals surface area contributed by atoms with Crippen molar-refractivity contribution < 1.29 is 9.90 Å². The molecular formula is C12H8Cl2N2O2.